The summed E-state index contributed by atoms with van der Waals surface area (Å²) in [5.74, 6) is -10.5. The number of Topliss-reactive ketones (excluding diaryl/α,β-unsaturated/α-hetero) is 4. The molecule has 3 aliphatic rings. The predicted molar refractivity (Wildman–Crippen MR) is 137 cm³/mol. The molecule has 206 valence electrons. The number of hydrogen-bond acceptors (Lipinski definition) is 9. The summed E-state index contributed by atoms with van der Waals surface area (Å²) in [6.07, 6.45) is 0.215. The fourth-order valence-corrected chi connectivity index (χ4v) is 7.00. The first-order valence-corrected chi connectivity index (χ1v) is 13.1. The monoisotopic (exact) mass is 536 g/mol. The summed E-state index contributed by atoms with van der Waals surface area (Å²) < 4.78 is 6.02. The summed E-state index contributed by atoms with van der Waals surface area (Å²) in [6, 6.07) is 6.62. The molecular formula is C29H32N2O8. The molecule has 0 aliphatic heterocycles. The fraction of sp³-hybridized carbons (Fsp3) is 0.483. The molecule has 39 heavy (non-hydrogen) atoms. The number of carbonyl (C=O) groups excluding carboxylic acids is 5. The molecule has 5 rings (SSSR count). The number of aliphatic hydroxyl groups is 1. The maximum atomic E-state index is 13.9. The standard InChI is InChI=1S/C29H32N2O8/c1-12(2)20-17-10-13-9-16-15(19-8-5-14(39-19)11-31(3)4)6-7-18(32)22(16)25(34)21(13)26(35)29(17,38)27(36)23(24(20)33)28(30)37/h5-8,12-13,17,20-21,23,32,38H,9-11H2,1-4H3,(H2,30,37)/t13-,17-,20-,21?,23?,29-/m0/s1. The van der Waals surface area contributed by atoms with Crippen molar-refractivity contribution in [3.63, 3.8) is 0 Å². The number of aromatic hydroxyl groups is 1. The van der Waals surface area contributed by atoms with E-state index in [4.69, 9.17) is 10.2 Å². The Bertz CT molecular complexity index is 1420. The van der Waals surface area contributed by atoms with Gasteiger partial charge in [-0.3, -0.25) is 24.0 Å². The van der Waals surface area contributed by atoms with E-state index < -0.39 is 70.1 Å². The zero-order valence-corrected chi connectivity index (χ0v) is 22.3. The van der Waals surface area contributed by atoms with Crippen LogP contribution in [0, 0.1) is 35.5 Å². The molecule has 10 heteroatoms. The number of amides is 1. The topological polar surface area (TPSA) is 168 Å². The van der Waals surface area contributed by atoms with Gasteiger partial charge < -0.3 is 25.3 Å². The Morgan fingerprint density at radius 1 is 1.13 bits per heavy atom. The minimum atomic E-state index is -2.70. The number of rotatable bonds is 5. The molecule has 2 unspecified atom stereocenters. The highest BCUT2D eigenvalue weighted by molar-refractivity contribution is 6.32. The number of primary amides is 1. The lowest BCUT2D eigenvalue weighted by Crippen LogP contribution is -2.71. The van der Waals surface area contributed by atoms with Crippen LogP contribution in [0.4, 0.5) is 0 Å². The summed E-state index contributed by atoms with van der Waals surface area (Å²) in [5, 5.41) is 22.4. The van der Waals surface area contributed by atoms with E-state index in [9.17, 15) is 34.2 Å². The summed E-state index contributed by atoms with van der Waals surface area (Å²) in [7, 11) is 3.81. The normalized spacial score (nSPS) is 30.4. The van der Waals surface area contributed by atoms with Crippen LogP contribution in [0.2, 0.25) is 0 Å². The van der Waals surface area contributed by atoms with Gasteiger partial charge >= 0.3 is 0 Å². The number of phenolic OH excluding ortho intramolecular Hbond substituents is 1. The Kier molecular flexibility index (Phi) is 6.38. The number of ketones is 4. The number of carbonyl (C=O) groups is 5. The number of nitrogens with zero attached hydrogens (tertiary/aromatic N) is 1. The molecule has 2 saturated carbocycles. The number of benzene rings is 1. The molecule has 1 aromatic heterocycles. The Balaban J connectivity index is 1.62. The fourth-order valence-electron chi connectivity index (χ4n) is 7.00. The second kappa shape index (κ2) is 9.24. The molecule has 0 bridgehead atoms. The van der Waals surface area contributed by atoms with E-state index in [1.54, 1.807) is 26.0 Å². The van der Waals surface area contributed by atoms with Crippen LogP contribution in [0.3, 0.4) is 0 Å². The van der Waals surface area contributed by atoms with Gasteiger partial charge in [-0.2, -0.15) is 0 Å². The van der Waals surface area contributed by atoms with Crippen LogP contribution in [0.1, 0.15) is 41.9 Å². The largest absolute Gasteiger partial charge is 0.507 e. The van der Waals surface area contributed by atoms with E-state index in [-0.39, 0.29) is 24.2 Å². The van der Waals surface area contributed by atoms with Crippen molar-refractivity contribution < 1.29 is 38.6 Å². The molecule has 0 spiro atoms. The highest BCUT2D eigenvalue weighted by Gasteiger charge is 2.69. The average molecular weight is 537 g/mol. The van der Waals surface area contributed by atoms with Crippen LogP contribution < -0.4 is 5.73 Å². The average Bonchev–Trinajstić information content (AvgIpc) is 3.28. The molecule has 2 aromatic rings. The minimum absolute atomic E-state index is 0.0308. The lowest BCUT2D eigenvalue weighted by Gasteiger charge is -2.52. The molecule has 0 radical (unpaired) electrons. The van der Waals surface area contributed by atoms with Gasteiger partial charge in [-0.15, -0.1) is 0 Å². The van der Waals surface area contributed by atoms with Crippen LogP contribution in [0.25, 0.3) is 11.3 Å². The second-order valence-electron chi connectivity index (χ2n) is 11.6. The number of fused-ring (bicyclic) bond motifs is 3. The van der Waals surface area contributed by atoms with Crippen molar-refractivity contribution >= 4 is 29.0 Å². The van der Waals surface area contributed by atoms with Gasteiger partial charge in [-0.05, 0) is 68.6 Å². The first-order chi connectivity index (χ1) is 18.3. The SMILES string of the molecule is CC(C)[C@@H]1C(=O)C(C(N)=O)C(=O)[C@@]2(O)C(=O)C3C(=O)c4c(O)ccc(-c5ccc(CN(C)C)o5)c4C[C@H]3C[C@@H]12. The third-order valence-corrected chi connectivity index (χ3v) is 8.60. The lowest BCUT2D eigenvalue weighted by molar-refractivity contribution is -0.182. The molecule has 4 N–H and O–H groups in total. The van der Waals surface area contributed by atoms with Crippen LogP contribution in [0.5, 0.6) is 5.75 Å². The molecule has 1 heterocycles. The highest BCUT2D eigenvalue weighted by Crippen LogP contribution is 2.53. The van der Waals surface area contributed by atoms with Gasteiger partial charge in [0.25, 0.3) is 0 Å². The van der Waals surface area contributed by atoms with Crippen molar-refractivity contribution in [2.75, 3.05) is 14.1 Å². The first kappa shape index (κ1) is 27.0. The quantitative estimate of drug-likeness (QED) is 0.480. The van der Waals surface area contributed by atoms with Gasteiger partial charge in [0, 0.05) is 17.4 Å². The van der Waals surface area contributed by atoms with Crippen molar-refractivity contribution in [1.82, 2.24) is 4.90 Å². The highest BCUT2D eigenvalue weighted by atomic mass is 16.3. The minimum Gasteiger partial charge on any atom is -0.507 e. The van der Waals surface area contributed by atoms with Gasteiger partial charge in [0.15, 0.2) is 34.7 Å². The zero-order chi connectivity index (χ0) is 28.5. The van der Waals surface area contributed by atoms with Crippen LogP contribution in [-0.4, -0.2) is 63.8 Å². The summed E-state index contributed by atoms with van der Waals surface area (Å²) in [6.45, 7) is 3.99. The lowest BCUT2D eigenvalue weighted by atomic mass is 9.49. The van der Waals surface area contributed by atoms with Gasteiger partial charge in [0.05, 0.1) is 18.0 Å². The first-order valence-electron chi connectivity index (χ1n) is 13.1. The third kappa shape index (κ3) is 3.88. The number of hydrogen-bond donors (Lipinski definition) is 3. The van der Waals surface area contributed by atoms with Crippen molar-refractivity contribution in [3.8, 4) is 17.1 Å². The summed E-state index contributed by atoms with van der Waals surface area (Å²) in [4.78, 5) is 68.4. The van der Waals surface area contributed by atoms with E-state index in [2.05, 4.69) is 0 Å². The van der Waals surface area contributed by atoms with E-state index in [0.717, 1.165) is 0 Å². The van der Waals surface area contributed by atoms with E-state index in [1.165, 1.54) is 6.07 Å². The van der Waals surface area contributed by atoms with E-state index >= 15 is 0 Å². The second-order valence-corrected chi connectivity index (χ2v) is 11.6. The predicted octanol–water partition coefficient (Wildman–Crippen LogP) is 1.53. The van der Waals surface area contributed by atoms with Gasteiger partial charge in [-0.1, -0.05) is 13.8 Å². The number of nitrogens with two attached hydrogens (primary N) is 1. The van der Waals surface area contributed by atoms with Gasteiger partial charge in [0.1, 0.15) is 17.3 Å². The molecule has 2 fully saturated rings. The molecule has 3 aliphatic carbocycles. The van der Waals surface area contributed by atoms with Crippen molar-refractivity contribution in [1.29, 1.82) is 0 Å². The van der Waals surface area contributed by atoms with Crippen LogP contribution in [-0.2, 0) is 32.1 Å². The third-order valence-electron chi connectivity index (χ3n) is 8.60. The Morgan fingerprint density at radius 3 is 2.44 bits per heavy atom. The molecule has 0 saturated heterocycles. The van der Waals surface area contributed by atoms with E-state index in [1.807, 2.05) is 25.1 Å². The van der Waals surface area contributed by atoms with Crippen molar-refractivity contribution in [2.24, 2.45) is 41.2 Å². The Labute approximate surface area is 225 Å². The molecule has 1 aromatic carbocycles. The van der Waals surface area contributed by atoms with Crippen LogP contribution >= 0.6 is 0 Å². The smallest absolute Gasteiger partial charge is 0.235 e. The Hall–Kier alpha value is -3.63. The molecule has 10 nitrogen and oxygen atoms in total. The van der Waals surface area contributed by atoms with Gasteiger partial charge in [0.2, 0.25) is 5.91 Å². The maximum Gasteiger partial charge on any atom is 0.235 e. The van der Waals surface area contributed by atoms with E-state index in [0.29, 0.717) is 29.2 Å². The van der Waals surface area contributed by atoms with Crippen LogP contribution in [0.15, 0.2) is 28.7 Å². The molecule has 1 amide bonds. The van der Waals surface area contributed by atoms with Crippen molar-refractivity contribution in [2.45, 2.75) is 38.8 Å². The molecular weight excluding hydrogens is 504 g/mol. The van der Waals surface area contributed by atoms with Gasteiger partial charge in [-0.25, -0.2) is 0 Å². The maximum absolute atomic E-state index is 13.9. The van der Waals surface area contributed by atoms with Crippen molar-refractivity contribution in [3.05, 3.63) is 41.2 Å². The zero-order valence-electron chi connectivity index (χ0n) is 22.3. The number of furan rings is 1. The summed E-state index contributed by atoms with van der Waals surface area (Å²) in [5.41, 5.74) is 3.71. The molecule has 6 atom stereocenters. The summed E-state index contributed by atoms with van der Waals surface area (Å²) >= 11 is 0. The number of phenols is 1. The Morgan fingerprint density at radius 2 is 1.82 bits per heavy atom.